The summed E-state index contributed by atoms with van der Waals surface area (Å²) in [6, 6.07) is 14.0. The van der Waals surface area contributed by atoms with Crippen LogP contribution in [-0.4, -0.2) is 33.4 Å². The number of pyridine rings is 1. The van der Waals surface area contributed by atoms with Gasteiger partial charge in [-0.1, -0.05) is 35.9 Å². The lowest BCUT2D eigenvalue weighted by atomic mass is 10.1. The number of urea groups is 1. The van der Waals surface area contributed by atoms with Crippen LogP contribution in [0.25, 0.3) is 16.7 Å². The summed E-state index contributed by atoms with van der Waals surface area (Å²) >= 11 is 6.00. The number of anilines is 2. The fourth-order valence-electron chi connectivity index (χ4n) is 3.49. The van der Waals surface area contributed by atoms with Crippen molar-refractivity contribution in [2.24, 2.45) is 0 Å². The molecule has 0 radical (unpaired) electrons. The van der Waals surface area contributed by atoms with E-state index in [-0.39, 0.29) is 18.0 Å². The fraction of sp³-hybridized carbons (Fsp3) is 0.167. The number of para-hydroxylation sites is 1. The molecule has 0 atom stereocenters. The van der Waals surface area contributed by atoms with Gasteiger partial charge in [0.2, 0.25) is 0 Å². The topological polar surface area (TPSA) is 98.1 Å². The molecule has 0 saturated carbocycles. The smallest absolute Gasteiger partial charge is 0.343 e. The minimum Gasteiger partial charge on any atom is -0.462 e. The number of amides is 2. The number of aryl methyl sites for hydroxylation is 2. The number of esters is 1. The van der Waals surface area contributed by atoms with E-state index in [0.717, 1.165) is 22.0 Å². The highest BCUT2D eigenvalue weighted by atomic mass is 35.5. The molecule has 2 N–H and O–H groups in total. The number of fused-ring (bicyclic) bond motifs is 1. The molecule has 2 aromatic carbocycles. The van der Waals surface area contributed by atoms with Crippen LogP contribution in [0.1, 0.15) is 28.4 Å². The molecule has 2 heterocycles. The lowest BCUT2D eigenvalue weighted by Gasteiger charge is -2.13. The van der Waals surface area contributed by atoms with Crippen molar-refractivity contribution in [1.29, 1.82) is 0 Å². The molecule has 0 saturated heterocycles. The molecule has 0 fully saturated rings. The second-order valence-corrected chi connectivity index (χ2v) is 7.83. The van der Waals surface area contributed by atoms with Crippen LogP contribution in [0.4, 0.5) is 16.3 Å². The summed E-state index contributed by atoms with van der Waals surface area (Å²) in [4.78, 5) is 30.1. The van der Waals surface area contributed by atoms with Crippen molar-refractivity contribution in [2.45, 2.75) is 20.8 Å². The van der Waals surface area contributed by atoms with Gasteiger partial charge in [-0.05, 0) is 56.2 Å². The molecule has 4 aromatic rings. The van der Waals surface area contributed by atoms with Crippen molar-refractivity contribution < 1.29 is 14.3 Å². The van der Waals surface area contributed by atoms with Crippen LogP contribution in [-0.2, 0) is 4.74 Å². The average molecular weight is 464 g/mol. The number of carbonyl (C=O) groups is 2. The van der Waals surface area contributed by atoms with Crippen LogP contribution in [0.5, 0.6) is 0 Å². The van der Waals surface area contributed by atoms with Gasteiger partial charge in [-0.25, -0.2) is 14.6 Å². The third-order valence-corrected chi connectivity index (χ3v) is 5.27. The molecule has 2 aromatic heterocycles. The van der Waals surface area contributed by atoms with Crippen molar-refractivity contribution in [3.8, 4) is 5.82 Å². The highest BCUT2D eigenvalue weighted by Gasteiger charge is 2.23. The van der Waals surface area contributed by atoms with E-state index in [2.05, 4.69) is 15.7 Å². The van der Waals surface area contributed by atoms with Crippen molar-refractivity contribution in [3.05, 3.63) is 76.4 Å². The Morgan fingerprint density at radius 1 is 1.06 bits per heavy atom. The minimum absolute atomic E-state index is 0.113. The van der Waals surface area contributed by atoms with Crippen LogP contribution in [0.2, 0.25) is 5.02 Å². The zero-order valence-electron chi connectivity index (χ0n) is 18.3. The van der Waals surface area contributed by atoms with E-state index in [0.29, 0.717) is 16.5 Å². The van der Waals surface area contributed by atoms with Crippen molar-refractivity contribution in [2.75, 3.05) is 17.2 Å². The Morgan fingerprint density at radius 2 is 1.85 bits per heavy atom. The molecule has 0 aliphatic carbocycles. The number of rotatable bonds is 5. The monoisotopic (exact) mass is 463 g/mol. The van der Waals surface area contributed by atoms with Gasteiger partial charge in [-0.15, -0.1) is 0 Å². The molecule has 8 nitrogen and oxygen atoms in total. The minimum atomic E-state index is -0.601. The molecule has 0 aliphatic heterocycles. The predicted molar refractivity (Wildman–Crippen MR) is 128 cm³/mol. The molecule has 9 heteroatoms. The highest BCUT2D eigenvalue weighted by molar-refractivity contribution is 6.30. The van der Waals surface area contributed by atoms with E-state index in [9.17, 15) is 9.59 Å². The van der Waals surface area contributed by atoms with Gasteiger partial charge in [0.25, 0.3) is 0 Å². The van der Waals surface area contributed by atoms with Crippen LogP contribution in [0.15, 0.2) is 54.7 Å². The number of carbonyl (C=O) groups excluding carboxylic acids is 2. The maximum atomic E-state index is 12.8. The van der Waals surface area contributed by atoms with Crippen LogP contribution in [0.3, 0.4) is 0 Å². The quantitative estimate of drug-likeness (QED) is 0.380. The summed E-state index contributed by atoms with van der Waals surface area (Å²) < 4.78 is 6.56. The van der Waals surface area contributed by atoms with Gasteiger partial charge < -0.3 is 10.1 Å². The SMILES string of the molecule is CCOC(=O)c1cnn(-c2cc(C)c3cccc(C)c3n2)c1NC(=O)Nc1cccc(Cl)c1. The molecule has 4 rings (SSSR count). The Hall–Kier alpha value is -3.91. The molecule has 0 spiro atoms. The Bertz CT molecular complexity index is 1370. The second kappa shape index (κ2) is 9.30. The molecule has 0 bridgehead atoms. The number of halogens is 1. The van der Waals surface area contributed by atoms with E-state index in [1.807, 2.05) is 38.1 Å². The maximum Gasteiger partial charge on any atom is 0.343 e. The van der Waals surface area contributed by atoms with Gasteiger partial charge >= 0.3 is 12.0 Å². The first kappa shape index (κ1) is 22.3. The van der Waals surface area contributed by atoms with E-state index in [4.69, 9.17) is 21.3 Å². The fourth-order valence-corrected chi connectivity index (χ4v) is 3.68. The zero-order chi connectivity index (χ0) is 23.5. The number of hydrogen-bond acceptors (Lipinski definition) is 5. The highest BCUT2D eigenvalue weighted by Crippen LogP contribution is 2.26. The summed E-state index contributed by atoms with van der Waals surface area (Å²) in [6.07, 6.45) is 1.35. The Balaban J connectivity index is 1.76. The van der Waals surface area contributed by atoms with Crippen molar-refractivity contribution in [1.82, 2.24) is 14.8 Å². The number of benzene rings is 2. The van der Waals surface area contributed by atoms with Gasteiger partial charge in [0.15, 0.2) is 11.6 Å². The first-order valence-corrected chi connectivity index (χ1v) is 10.7. The van der Waals surface area contributed by atoms with Crippen LogP contribution in [0, 0.1) is 13.8 Å². The van der Waals surface area contributed by atoms with Gasteiger partial charge in [0.1, 0.15) is 5.56 Å². The van der Waals surface area contributed by atoms with Crippen molar-refractivity contribution >= 4 is 46.0 Å². The zero-order valence-corrected chi connectivity index (χ0v) is 19.1. The first-order valence-electron chi connectivity index (χ1n) is 10.3. The number of nitrogens with one attached hydrogen (secondary N) is 2. The summed E-state index contributed by atoms with van der Waals surface area (Å²) in [5.41, 5.74) is 3.42. The third-order valence-electron chi connectivity index (χ3n) is 5.03. The standard InChI is InChI=1S/C24H22ClN5O3/c1-4-33-23(31)19-13-26-30(20-11-15(3)18-10-5-7-14(2)21(18)28-20)22(19)29-24(32)27-17-9-6-8-16(25)12-17/h5-13H,4H2,1-3H3,(H2,27,29,32). The third kappa shape index (κ3) is 4.65. The average Bonchev–Trinajstić information content (AvgIpc) is 3.18. The summed E-state index contributed by atoms with van der Waals surface area (Å²) in [5, 5.41) is 11.2. The second-order valence-electron chi connectivity index (χ2n) is 7.40. The van der Waals surface area contributed by atoms with E-state index < -0.39 is 12.0 Å². The molecular weight excluding hydrogens is 442 g/mol. The summed E-state index contributed by atoms with van der Waals surface area (Å²) in [6.45, 7) is 5.84. The number of ether oxygens (including phenoxy) is 1. The lowest BCUT2D eigenvalue weighted by molar-refractivity contribution is 0.0527. The van der Waals surface area contributed by atoms with Crippen molar-refractivity contribution in [3.63, 3.8) is 0 Å². The number of aromatic nitrogens is 3. The van der Waals surface area contributed by atoms with Crippen LogP contribution < -0.4 is 10.6 Å². The summed E-state index contributed by atoms with van der Waals surface area (Å²) in [5.74, 6) is 0.00575. The predicted octanol–water partition coefficient (Wildman–Crippen LogP) is 5.51. The molecular formula is C24H22ClN5O3. The molecule has 0 unspecified atom stereocenters. The largest absolute Gasteiger partial charge is 0.462 e. The Kier molecular flexibility index (Phi) is 6.28. The van der Waals surface area contributed by atoms with E-state index in [1.165, 1.54) is 10.9 Å². The molecule has 2 amide bonds. The number of hydrogen-bond donors (Lipinski definition) is 2. The van der Waals surface area contributed by atoms with E-state index in [1.54, 1.807) is 31.2 Å². The van der Waals surface area contributed by atoms with Gasteiger partial charge in [0.05, 0.1) is 18.3 Å². The normalized spacial score (nSPS) is 10.8. The molecule has 33 heavy (non-hydrogen) atoms. The Morgan fingerprint density at radius 3 is 2.61 bits per heavy atom. The first-order chi connectivity index (χ1) is 15.9. The van der Waals surface area contributed by atoms with Gasteiger partial charge in [-0.2, -0.15) is 9.78 Å². The Labute approximate surface area is 195 Å². The van der Waals surface area contributed by atoms with Gasteiger partial charge in [-0.3, -0.25) is 5.32 Å². The molecule has 168 valence electrons. The lowest BCUT2D eigenvalue weighted by Crippen LogP contribution is -2.23. The molecule has 0 aliphatic rings. The van der Waals surface area contributed by atoms with E-state index >= 15 is 0 Å². The van der Waals surface area contributed by atoms with Gasteiger partial charge in [0, 0.05) is 16.1 Å². The number of nitrogens with zero attached hydrogens (tertiary/aromatic N) is 3. The maximum absolute atomic E-state index is 12.8. The summed E-state index contributed by atoms with van der Waals surface area (Å²) in [7, 11) is 0. The van der Waals surface area contributed by atoms with Crippen LogP contribution >= 0.6 is 11.6 Å².